The Morgan fingerprint density at radius 2 is 1.52 bits per heavy atom. The summed E-state index contributed by atoms with van der Waals surface area (Å²) < 4.78 is 15.7. The van der Waals surface area contributed by atoms with E-state index in [-0.39, 0.29) is 5.97 Å². The van der Waals surface area contributed by atoms with Crippen LogP contribution in [0.5, 0.6) is 5.75 Å². The molecule has 2 aromatic rings. The minimum atomic E-state index is -0.779. The molecule has 0 saturated carbocycles. The van der Waals surface area contributed by atoms with Gasteiger partial charge in [0.1, 0.15) is 18.0 Å². The summed E-state index contributed by atoms with van der Waals surface area (Å²) in [5.41, 5.74) is 1.71. The Morgan fingerprint density at radius 3 is 2.15 bits per heavy atom. The molecule has 0 aromatic heterocycles. The van der Waals surface area contributed by atoms with Crippen LogP contribution in [0.15, 0.2) is 54.6 Å². The van der Waals surface area contributed by atoms with Crippen molar-refractivity contribution >= 4 is 12.1 Å². The fourth-order valence-corrected chi connectivity index (χ4v) is 2.68. The van der Waals surface area contributed by atoms with Gasteiger partial charge >= 0.3 is 12.1 Å². The molecule has 144 valence electrons. The highest BCUT2D eigenvalue weighted by Gasteiger charge is 2.18. The van der Waals surface area contributed by atoms with Gasteiger partial charge in [0.2, 0.25) is 0 Å². The van der Waals surface area contributed by atoms with Crippen molar-refractivity contribution in [3.8, 4) is 5.75 Å². The van der Waals surface area contributed by atoms with Crippen LogP contribution in [0.2, 0.25) is 0 Å². The first-order valence-electron chi connectivity index (χ1n) is 9.21. The molecular formula is C22H26O5. The van der Waals surface area contributed by atoms with Crippen LogP contribution in [0.3, 0.4) is 0 Å². The maximum atomic E-state index is 12.2. The number of carbonyl (C=O) groups is 2. The molecule has 0 amide bonds. The Morgan fingerprint density at radius 1 is 0.889 bits per heavy atom. The third kappa shape index (κ3) is 7.13. The number of hydrogen-bond acceptors (Lipinski definition) is 5. The van der Waals surface area contributed by atoms with Crippen molar-refractivity contribution in [1.82, 2.24) is 0 Å². The molecule has 5 nitrogen and oxygen atoms in total. The van der Waals surface area contributed by atoms with Gasteiger partial charge in [-0.15, -0.1) is 0 Å². The van der Waals surface area contributed by atoms with E-state index in [9.17, 15) is 9.59 Å². The summed E-state index contributed by atoms with van der Waals surface area (Å²) in [5.74, 6) is 0.0327. The van der Waals surface area contributed by atoms with Gasteiger partial charge in [0.25, 0.3) is 0 Å². The van der Waals surface area contributed by atoms with Crippen molar-refractivity contribution in [2.45, 2.75) is 52.2 Å². The third-order valence-corrected chi connectivity index (χ3v) is 3.94. The molecule has 0 saturated heterocycles. The second kappa shape index (κ2) is 10.4. The first-order chi connectivity index (χ1) is 13.0. The number of hydrogen-bond donors (Lipinski definition) is 0. The normalized spacial score (nSPS) is 12.7. The Labute approximate surface area is 160 Å². The highest BCUT2D eigenvalue weighted by molar-refractivity contribution is 5.89. The number of esters is 1. The molecule has 5 heteroatoms. The minimum absolute atomic E-state index is 0.379. The summed E-state index contributed by atoms with van der Waals surface area (Å²) in [4.78, 5) is 24.0. The van der Waals surface area contributed by atoms with E-state index in [1.807, 2.05) is 18.2 Å². The van der Waals surface area contributed by atoms with Crippen molar-refractivity contribution in [1.29, 1.82) is 0 Å². The maximum absolute atomic E-state index is 12.2. The lowest BCUT2D eigenvalue weighted by atomic mass is 10.1. The van der Waals surface area contributed by atoms with E-state index in [0.29, 0.717) is 17.7 Å². The van der Waals surface area contributed by atoms with Crippen LogP contribution in [0, 0.1) is 0 Å². The Kier molecular flexibility index (Phi) is 7.86. The number of rotatable bonds is 8. The lowest BCUT2D eigenvalue weighted by molar-refractivity contribution is 0.0124. The molecule has 2 aromatic carbocycles. The number of aryl methyl sites for hydroxylation is 1. The smallest absolute Gasteiger partial charge is 0.459 e. The van der Waals surface area contributed by atoms with Gasteiger partial charge in [0.05, 0.1) is 5.56 Å². The highest BCUT2D eigenvalue weighted by Crippen LogP contribution is 2.14. The van der Waals surface area contributed by atoms with E-state index in [1.54, 1.807) is 50.2 Å². The fraction of sp³-hybridized carbons (Fsp3) is 0.364. The van der Waals surface area contributed by atoms with Gasteiger partial charge in [0.15, 0.2) is 0 Å². The Bertz CT molecular complexity index is 724. The van der Waals surface area contributed by atoms with Crippen molar-refractivity contribution in [3.05, 3.63) is 65.7 Å². The molecule has 27 heavy (non-hydrogen) atoms. The zero-order chi connectivity index (χ0) is 19.6. The van der Waals surface area contributed by atoms with Crippen LogP contribution < -0.4 is 4.74 Å². The van der Waals surface area contributed by atoms with Gasteiger partial charge in [-0.3, -0.25) is 0 Å². The highest BCUT2D eigenvalue weighted by atomic mass is 16.7. The second-order valence-corrected chi connectivity index (χ2v) is 6.49. The molecule has 0 fully saturated rings. The summed E-state index contributed by atoms with van der Waals surface area (Å²) in [7, 11) is 0. The zero-order valence-electron chi connectivity index (χ0n) is 16.0. The predicted octanol–water partition coefficient (Wildman–Crippen LogP) is 5.18. The first-order valence-corrected chi connectivity index (χ1v) is 9.21. The van der Waals surface area contributed by atoms with Crippen molar-refractivity contribution in [2.24, 2.45) is 0 Å². The average molecular weight is 370 g/mol. The molecule has 0 radical (unpaired) electrons. The van der Waals surface area contributed by atoms with E-state index in [2.05, 4.69) is 6.92 Å². The largest absolute Gasteiger partial charge is 0.514 e. The van der Waals surface area contributed by atoms with Gasteiger partial charge in [-0.25, -0.2) is 9.59 Å². The molecule has 0 spiro atoms. The number of para-hydroxylation sites is 1. The standard InChI is InChI=1S/C22H26O5/c1-4-8-18-11-13-19(14-12-18)21(23)25-16(2)15-17(3)26-22(24)27-20-9-6-5-7-10-20/h5-7,9-14,16-17H,4,8,15H2,1-3H3. The maximum Gasteiger partial charge on any atom is 0.514 e. The van der Waals surface area contributed by atoms with Crippen molar-refractivity contribution in [3.63, 3.8) is 0 Å². The van der Waals surface area contributed by atoms with Crippen molar-refractivity contribution in [2.75, 3.05) is 0 Å². The minimum Gasteiger partial charge on any atom is -0.459 e. The molecule has 0 aliphatic rings. The molecule has 2 atom stereocenters. The van der Waals surface area contributed by atoms with Gasteiger partial charge in [-0.1, -0.05) is 43.7 Å². The first kappa shape index (κ1) is 20.5. The predicted molar refractivity (Wildman–Crippen MR) is 103 cm³/mol. The molecule has 0 bridgehead atoms. The van der Waals surface area contributed by atoms with Crippen LogP contribution in [-0.4, -0.2) is 24.3 Å². The Balaban J connectivity index is 1.77. The Hall–Kier alpha value is -2.82. The fourth-order valence-electron chi connectivity index (χ4n) is 2.68. The van der Waals surface area contributed by atoms with Crippen molar-refractivity contribution < 1.29 is 23.8 Å². The molecule has 0 aliphatic carbocycles. The number of benzene rings is 2. The molecule has 0 heterocycles. The second-order valence-electron chi connectivity index (χ2n) is 6.49. The van der Waals surface area contributed by atoms with Crippen LogP contribution in [0.4, 0.5) is 4.79 Å². The summed E-state index contributed by atoms with van der Waals surface area (Å²) >= 11 is 0. The van der Waals surface area contributed by atoms with Gasteiger partial charge in [-0.2, -0.15) is 0 Å². The monoisotopic (exact) mass is 370 g/mol. The molecule has 0 aliphatic heterocycles. The number of carbonyl (C=O) groups excluding carboxylic acids is 2. The van der Waals surface area contributed by atoms with E-state index in [4.69, 9.17) is 14.2 Å². The molecular weight excluding hydrogens is 344 g/mol. The van der Waals surface area contributed by atoms with E-state index >= 15 is 0 Å². The topological polar surface area (TPSA) is 61.8 Å². The summed E-state index contributed by atoms with van der Waals surface area (Å²) in [6, 6.07) is 16.1. The van der Waals surface area contributed by atoms with Gasteiger partial charge in [0, 0.05) is 6.42 Å². The SMILES string of the molecule is CCCc1ccc(C(=O)OC(C)CC(C)OC(=O)Oc2ccccc2)cc1. The third-order valence-electron chi connectivity index (χ3n) is 3.94. The zero-order valence-corrected chi connectivity index (χ0v) is 16.0. The molecule has 2 unspecified atom stereocenters. The summed E-state index contributed by atoms with van der Waals surface area (Å²) in [5, 5.41) is 0. The quantitative estimate of drug-likeness (QED) is 0.473. The molecule has 2 rings (SSSR count). The van der Waals surface area contributed by atoms with E-state index in [0.717, 1.165) is 12.8 Å². The summed E-state index contributed by atoms with van der Waals surface area (Å²) in [6.07, 6.45) is 0.802. The van der Waals surface area contributed by atoms with Crippen LogP contribution in [0.1, 0.15) is 49.5 Å². The van der Waals surface area contributed by atoms with E-state index in [1.165, 1.54) is 5.56 Å². The van der Waals surface area contributed by atoms with Gasteiger partial charge < -0.3 is 14.2 Å². The summed E-state index contributed by atoms with van der Waals surface area (Å²) in [6.45, 7) is 5.62. The van der Waals surface area contributed by atoms with Crippen LogP contribution >= 0.6 is 0 Å². The van der Waals surface area contributed by atoms with Crippen LogP contribution in [-0.2, 0) is 15.9 Å². The lowest BCUT2D eigenvalue weighted by Crippen LogP contribution is -2.25. The molecule has 0 N–H and O–H groups in total. The van der Waals surface area contributed by atoms with Crippen LogP contribution in [0.25, 0.3) is 0 Å². The van der Waals surface area contributed by atoms with E-state index < -0.39 is 18.4 Å². The van der Waals surface area contributed by atoms with Gasteiger partial charge in [-0.05, 0) is 50.1 Å². The number of ether oxygens (including phenoxy) is 3. The lowest BCUT2D eigenvalue weighted by Gasteiger charge is -2.18. The average Bonchev–Trinajstić information content (AvgIpc) is 2.63.